The first-order chi connectivity index (χ1) is 7.61. The van der Waals surface area contributed by atoms with Crippen molar-refractivity contribution in [2.45, 2.75) is 46.7 Å². The molecule has 0 aromatic heterocycles. The van der Waals surface area contributed by atoms with E-state index in [1.807, 2.05) is 0 Å². The lowest BCUT2D eigenvalue weighted by molar-refractivity contribution is 0.186. The van der Waals surface area contributed by atoms with Gasteiger partial charge in [0.1, 0.15) is 0 Å². The minimum Gasteiger partial charge on any atom is -0.395 e. The van der Waals surface area contributed by atoms with Crippen LogP contribution >= 0.6 is 0 Å². The smallest absolute Gasteiger partial charge is 0.334 e. The summed E-state index contributed by atoms with van der Waals surface area (Å²) in [5.74, 6) is 0. The second-order valence-corrected chi connectivity index (χ2v) is 7.48. The molecule has 0 atom stereocenters. The fourth-order valence-corrected chi connectivity index (χ4v) is 4.35. The van der Waals surface area contributed by atoms with Gasteiger partial charge in [-0.3, -0.25) is 0 Å². The zero-order valence-corrected chi connectivity index (χ0v) is 12.7. The Morgan fingerprint density at radius 2 is 1.44 bits per heavy atom. The lowest BCUT2D eigenvalue weighted by atomic mass is 10.4. The van der Waals surface area contributed by atoms with Crippen molar-refractivity contribution in [2.75, 3.05) is 32.8 Å². The largest absolute Gasteiger partial charge is 0.395 e. The summed E-state index contributed by atoms with van der Waals surface area (Å²) in [5, 5.41) is 0. The molecule has 0 heterocycles. The van der Waals surface area contributed by atoms with Gasteiger partial charge in [-0.2, -0.15) is 0 Å². The third kappa shape index (κ3) is 6.63. The summed E-state index contributed by atoms with van der Waals surface area (Å²) in [7, 11) is -1.87. The number of rotatable bonds is 10. The second-order valence-electron chi connectivity index (χ2n) is 4.13. The summed E-state index contributed by atoms with van der Waals surface area (Å²) < 4.78 is 11.6. The van der Waals surface area contributed by atoms with Gasteiger partial charge in [-0.1, -0.05) is 13.8 Å². The Hall–Kier alpha value is 0.0969. The van der Waals surface area contributed by atoms with Crippen LogP contribution in [0.1, 0.15) is 34.1 Å². The minimum absolute atomic E-state index is 0.772. The van der Waals surface area contributed by atoms with Crippen LogP contribution in [-0.4, -0.2) is 46.3 Å². The number of nitrogens with zero attached hydrogens (tertiary/aromatic N) is 1. The molecular formula is C12H29NO2Si. The molecular weight excluding hydrogens is 218 g/mol. The van der Waals surface area contributed by atoms with E-state index < -0.39 is 8.56 Å². The summed E-state index contributed by atoms with van der Waals surface area (Å²) in [6.07, 6.45) is 1.18. The lowest BCUT2D eigenvalue weighted by Crippen LogP contribution is -2.39. The van der Waals surface area contributed by atoms with Gasteiger partial charge in [0, 0.05) is 13.2 Å². The first-order valence-electron chi connectivity index (χ1n) is 6.62. The SMILES string of the molecule is CCO[Si](C)(CCCN(CC)CC)OCC. The maximum absolute atomic E-state index is 5.82. The van der Waals surface area contributed by atoms with Gasteiger partial charge >= 0.3 is 8.56 Å². The highest BCUT2D eigenvalue weighted by molar-refractivity contribution is 6.66. The van der Waals surface area contributed by atoms with Crippen molar-refractivity contribution in [3.8, 4) is 0 Å². The van der Waals surface area contributed by atoms with E-state index in [4.69, 9.17) is 8.85 Å². The lowest BCUT2D eigenvalue weighted by Gasteiger charge is -2.27. The van der Waals surface area contributed by atoms with Gasteiger partial charge in [0.05, 0.1) is 0 Å². The van der Waals surface area contributed by atoms with Crippen LogP contribution in [0.15, 0.2) is 0 Å². The van der Waals surface area contributed by atoms with Crippen molar-refractivity contribution in [1.82, 2.24) is 4.90 Å². The quantitative estimate of drug-likeness (QED) is 0.554. The molecule has 0 aromatic rings. The van der Waals surface area contributed by atoms with E-state index in [2.05, 4.69) is 39.1 Å². The molecule has 0 unspecified atom stereocenters. The molecule has 0 radical (unpaired) electrons. The van der Waals surface area contributed by atoms with E-state index in [0.717, 1.165) is 38.9 Å². The summed E-state index contributed by atoms with van der Waals surface area (Å²) in [4.78, 5) is 2.45. The normalized spacial score (nSPS) is 12.4. The highest BCUT2D eigenvalue weighted by Gasteiger charge is 2.29. The topological polar surface area (TPSA) is 21.7 Å². The van der Waals surface area contributed by atoms with Crippen LogP contribution in [0, 0.1) is 0 Å². The van der Waals surface area contributed by atoms with Gasteiger partial charge in [0.2, 0.25) is 0 Å². The van der Waals surface area contributed by atoms with Crippen LogP contribution in [0.4, 0.5) is 0 Å². The third-order valence-corrected chi connectivity index (χ3v) is 5.96. The molecule has 0 aliphatic rings. The average molecular weight is 247 g/mol. The van der Waals surface area contributed by atoms with E-state index in [9.17, 15) is 0 Å². The fourth-order valence-electron chi connectivity index (χ4n) is 1.96. The molecule has 3 nitrogen and oxygen atoms in total. The Balaban J connectivity index is 3.91. The molecule has 0 amide bonds. The first-order valence-corrected chi connectivity index (χ1v) is 9.14. The predicted molar refractivity (Wildman–Crippen MR) is 72.1 cm³/mol. The van der Waals surface area contributed by atoms with Crippen LogP contribution in [0.2, 0.25) is 12.6 Å². The molecule has 98 valence electrons. The molecule has 0 fully saturated rings. The third-order valence-electron chi connectivity index (χ3n) is 2.90. The van der Waals surface area contributed by atoms with Gasteiger partial charge < -0.3 is 13.8 Å². The molecule has 0 N–H and O–H groups in total. The summed E-state index contributed by atoms with van der Waals surface area (Å²) >= 11 is 0. The molecule has 0 saturated heterocycles. The maximum Gasteiger partial charge on any atom is 0.334 e. The van der Waals surface area contributed by atoms with Gasteiger partial charge in [0.25, 0.3) is 0 Å². The zero-order valence-electron chi connectivity index (χ0n) is 11.7. The van der Waals surface area contributed by atoms with E-state index in [-0.39, 0.29) is 0 Å². The van der Waals surface area contributed by atoms with Crippen LogP contribution in [-0.2, 0) is 8.85 Å². The number of hydrogen-bond acceptors (Lipinski definition) is 3. The molecule has 0 saturated carbocycles. The molecule has 0 rings (SSSR count). The van der Waals surface area contributed by atoms with Crippen LogP contribution in [0.25, 0.3) is 0 Å². The van der Waals surface area contributed by atoms with E-state index in [1.54, 1.807) is 0 Å². The van der Waals surface area contributed by atoms with Gasteiger partial charge in [-0.15, -0.1) is 0 Å². The predicted octanol–water partition coefficient (Wildman–Crippen LogP) is 2.86. The Morgan fingerprint density at radius 3 is 1.81 bits per heavy atom. The second kappa shape index (κ2) is 9.16. The standard InChI is InChI=1S/C12H29NO2Si/c1-6-13(7-2)11-10-12-16(5,14-8-3)15-9-4/h6-12H2,1-5H3. The number of hydrogen-bond donors (Lipinski definition) is 0. The van der Waals surface area contributed by atoms with E-state index in [1.165, 1.54) is 6.42 Å². The van der Waals surface area contributed by atoms with Crippen molar-refractivity contribution in [2.24, 2.45) is 0 Å². The highest BCUT2D eigenvalue weighted by atomic mass is 28.4. The van der Waals surface area contributed by atoms with Crippen molar-refractivity contribution in [3.63, 3.8) is 0 Å². The van der Waals surface area contributed by atoms with Crippen molar-refractivity contribution < 1.29 is 8.85 Å². The van der Waals surface area contributed by atoms with Gasteiger partial charge in [-0.25, -0.2) is 0 Å². The van der Waals surface area contributed by atoms with Crippen LogP contribution in [0.5, 0.6) is 0 Å². The average Bonchev–Trinajstić information content (AvgIpc) is 2.25. The van der Waals surface area contributed by atoms with E-state index >= 15 is 0 Å². The Bertz CT molecular complexity index is 157. The minimum atomic E-state index is -1.87. The summed E-state index contributed by atoms with van der Waals surface area (Å²) in [6, 6.07) is 1.10. The monoisotopic (exact) mass is 247 g/mol. The summed E-state index contributed by atoms with van der Waals surface area (Å²) in [5.41, 5.74) is 0. The van der Waals surface area contributed by atoms with Crippen molar-refractivity contribution in [1.29, 1.82) is 0 Å². The van der Waals surface area contributed by atoms with Crippen molar-refractivity contribution in [3.05, 3.63) is 0 Å². The Labute approximate surface area is 102 Å². The fraction of sp³-hybridized carbons (Fsp3) is 1.00. The molecule has 0 aliphatic carbocycles. The first kappa shape index (κ1) is 16.1. The van der Waals surface area contributed by atoms with E-state index in [0.29, 0.717) is 0 Å². The molecule has 0 bridgehead atoms. The molecule has 0 aromatic carbocycles. The van der Waals surface area contributed by atoms with Gasteiger partial charge in [0.15, 0.2) is 0 Å². The van der Waals surface area contributed by atoms with Crippen LogP contribution in [0.3, 0.4) is 0 Å². The zero-order chi connectivity index (χ0) is 12.4. The molecule has 16 heavy (non-hydrogen) atoms. The Kier molecular flexibility index (Phi) is 9.22. The summed E-state index contributed by atoms with van der Waals surface area (Å²) in [6.45, 7) is 15.7. The van der Waals surface area contributed by atoms with Gasteiger partial charge in [-0.05, 0) is 52.5 Å². The Morgan fingerprint density at radius 1 is 0.938 bits per heavy atom. The molecule has 4 heteroatoms. The van der Waals surface area contributed by atoms with Crippen molar-refractivity contribution >= 4 is 8.56 Å². The maximum atomic E-state index is 5.82. The molecule has 0 aliphatic heterocycles. The molecule has 0 spiro atoms. The highest BCUT2D eigenvalue weighted by Crippen LogP contribution is 2.16. The van der Waals surface area contributed by atoms with Crippen LogP contribution < -0.4 is 0 Å².